The van der Waals surface area contributed by atoms with Gasteiger partial charge in [0, 0.05) is 28.8 Å². The second-order valence-electron chi connectivity index (χ2n) is 6.74. The van der Waals surface area contributed by atoms with Crippen LogP contribution in [0.25, 0.3) is 0 Å². The van der Waals surface area contributed by atoms with Gasteiger partial charge in [-0.05, 0) is 68.3 Å². The van der Waals surface area contributed by atoms with Gasteiger partial charge in [0.1, 0.15) is 5.75 Å². The largest absolute Gasteiger partial charge is 0.494 e. The van der Waals surface area contributed by atoms with Gasteiger partial charge in [0.25, 0.3) is 0 Å². The standard InChI is InChI=1S/C21H23BrN2O3/c1-4-27-18-7-5-17(6-8-18)24-12-15(11-19(24)25)21(26)23-20-13(2)9-16(22)10-14(20)3/h5-10,15H,4,11-12H2,1-3H3,(H,23,26)/t15-/m0/s1. The van der Waals surface area contributed by atoms with Gasteiger partial charge >= 0.3 is 0 Å². The summed E-state index contributed by atoms with van der Waals surface area (Å²) in [7, 11) is 0. The van der Waals surface area contributed by atoms with Crippen LogP contribution in [0.2, 0.25) is 0 Å². The Morgan fingerprint density at radius 2 is 1.85 bits per heavy atom. The third-order valence-electron chi connectivity index (χ3n) is 4.70. The summed E-state index contributed by atoms with van der Waals surface area (Å²) in [6, 6.07) is 11.3. The first-order chi connectivity index (χ1) is 12.9. The Bertz CT molecular complexity index is 841. The predicted octanol–water partition coefficient (Wildman–Crippen LogP) is 4.46. The van der Waals surface area contributed by atoms with Gasteiger partial charge in [0.2, 0.25) is 11.8 Å². The van der Waals surface area contributed by atoms with Crippen LogP contribution in [0.5, 0.6) is 5.75 Å². The lowest BCUT2D eigenvalue weighted by atomic mass is 10.1. The highest BCUT2D eigenvalue weighted by Crippen LogP contribution is 2.29. The van der Waals surface area contributed by atoms with Crippen LogP contribution >= 0.6 is 15.9 Å². The van der Waals surface area contributed by atoms with E-state index in [9.17, 15) is 9.59 Å². The molecule has 1 fully saturated rings. The van der Waals surface area contributed by atoms with E-state index in [-0.39, 0.29) is 24.2 Å². The molecule has 1 aliphatic heterocycles. The summed E-state index contributed by atoms with van der Waals surface area (Å²) in [5.74, 6) is 0.240. The lowest BCUT2D eigenvalue weighted by molar-refractivity contribution is -0.122. The fourth-order valence-electron chi connectivity index (χ4n) is 3.35. The minimum atomic E-state index is -0.369. The first-order valence-electron chi connectivity index (χ1n) is 9.00. The fourth-order valence-corrected chi connectivity index (χ4v) is 4.04. The lowest BCUT2D eigenvalue weighted by Crippen LogP contribution is -2.28. The van der Waals surface area contributed by atoms with Gasteiger partial charge in [-0.15, -0.1) is 0 Å². The maximum atomic E-state index is 12.7. The van der Waals surface area contributed by atoms with Crippen LogP contribution in [0.15, 0.2) is 40.9 Å². The molecule has 0 spiro atoms. The number of aryl methyl sites for hydroxylation is 2. The van der Waals surface area contributed by atoms with Crippen LogP contribution in [0.3, 0.4) is 0 Å². The van der Waals surface area contributed by atoms with Gasteiger partial charge in [0.15, 0.2) is 0 Å². The zero-order valence-corrected chi connectivity index (χ0v) is 17.3. The van der Waals surface area contributed by atoms with Crippen molar-refractivity contribution in [3.8, 4) is 5.75 Å². The molecule has 27 heavy (non-hydrogen) atoms. The molecule has 1 heterocycles. The molecule has 142 valence electrons. The molecule has 1 atom stereocenters. The van der Waals surface area contributed by atoms with Crippen LogP contribution < -0.4 is 15.0 Å². The summed E-state index contributed by atoms with van der Waals surface area (Å²) < 4.78 is 6.42. The van der Waals surface area contributed by atoms with Crippen molar-refractivity contribution < 1.29 is 14.3 Å². The van der Waals surface area contributed by atoms with Gasteiger partial charge in [-0.25, -0.2) is 0 Å². The smallest absolute Gasteiger partial charge is 0.229 e. The van der Waals surface area contributed by atoms with Gasteiger partial charge in [0.05, 0.1) is 12.5 Å². The number of halogens is 1. The highest BCUT2D eigenvalue weighted by atomic mass is 79.9. The molecule has 0 aliphatic carbocycles. The van der Waals surface area contributed by atoms with E-state index in [4.69, 9.17) is 4.74 Å². The van der Waals surface area contributed by atoms with Crippen LogP contribution in [0, 0.1) is 19.8 Å². The second-order valence-corrected chi connectivity index (χ2v) is 7.65. The van der Waals surface area contributed by atoms with Gasteiger partial charge in [-0.1, -0.05) is 15.9 Å². The van der Waals surface area contributed by atoms with Gasteiger partial charge in [-0.2, -0.15) is 0 Å². The molecule has 3 rings (SSSR count). The summed E-state index contributed by atoms with van der Waals surface area (Å²) in [6.45, 7) is 6.82. The van der Waals surface area contributed by atoms with Gasteiger partial charge < -0.3 is 15.0 Å². The highest BCUT2D eigenvalue weighted by molar-refractivity contribution is 9.10. The number of nitrogens with zero attached hydrogens (tertiary/aromatic N) is 1. The molecule has 0 bridgehead atoms. The first kappa shape index (κ1) is 19.4. The fraction of sp³-hybridized carbons (Fsp3) is 0.333. The molecule has 0 aromatic heterocycles. The zero-order chi connectivity index (χ0) is 19.6. The van der Waals surface area contributed by atoms with E-state index in [1.54, 1.807) is 4.90 Å². The van der Waals surface area contributed by atoms with E-state index in [0.717, 1.165) is 32.7 Å². The van der Waals surface area contributed by atoms with Crippen molar-refractivity contribution in [2.24, 2.45) is 5.92 Å². The maximum Gasteiger partial charge on any atom is 0.229 e. The SMILES string of the molecule is CCOc1ccc(N2C[C@@H](C(=O)Nc3c(C)cc(Br)cc3C)CC2=O)cc1. The molecule has 0 unspecified atom stereocenters. The molecule has 0 saturated carbocycles. The average molecular weight is 431 g/mol. The summed E-state index contributed by atoms with van der Waals surface area (Å²) in [4.78, 5) is 26.9. The van der Waals surface area contributed by atoms with Crippen molar-refractivity contribution in [2.45, 2.75) is 27.2 Å². The molecule has 2 aromatic carbocycles. The third kappa shape index (κ3) is 4.33. The van der Waals surface area contributed by atoms with Crippen LogP contribution in [0.1, 0.15) is 24.5 Å². The number of anilines is 2. The van der Waals surface area contributed by atoms with E-state index in [0.29, 0.717) is 13.2 Å². The minimum Gasteiger partial charge on any atom is -0.494 e. The molecule has 1 N–H and O–H groups in total. The van der Waals surface area contributed by atoms with Crippen molar-refractivity contribution in [1.82, 2.24) is 0 Å². The van der Waals surface area contributed by atoms with Crippen LogP contribution in [-0.4, -0.2) is 25.0 Å². The van der Waals surface area contributed by atoms with E-state index >= 15 is 0 Å². The molecule has 0 radical (unpaired) electrons. The van der Waals surface area contributed by atoms with Gasteiger partial charge in [-0.3, -0.25) is 9.59 Å². The van der Waals surface area contributed by atoms with E-state index in [1.165, 1.54) is 0 Å². The highest BCUT2D eigenvalue weighted by Gasteiger charge is 2.35. The lowest BCUT2D eigenvalue weighted by Gasteiger charge is -2.18. The quantitative estimate of drug-likeness (QED) is 0.761. The summed E-state index contributed by atoms with van der Waals surface area (Å²) in [5.41, 5.74) is 3.58. The van der Waals surface area contributed by atoms with Crippen molar-refractivity contribution >= 4 is 39.1 Å². The third-order valence-corrected chi connectivity index (χ3v) is 5.16. The summed E-state index contributed by atoms with van der Waals surface area (Å²) in [6.07, 6.45) is 0.216. The number of carbonyl (C=O) groups excluding carboxylic acids is 2. The number of hydrogen-bond acceptors (Lipinski definition) is 3. The first-order valence-corrected chi connectivity index (χ1v) is 9.79. The van der Waals surface area contributed by atoms with Crippen molar-refractivity contribution in [2.75, 3.05) is 23.4 Å². The maximum absolute atomic E-state index is 12.7. The Hall–Kier alpha value is -2.34. The summed E-state index contributed by atoms with van der Waals surface area (Å²) in [5, 5.41) is 3.01. The number of ether oxygens (including phenoxy) is 1. The second kappa shape index (κ2) is 8.13. The summed E-state index contributed by atoms with van der Waals surface area (Å²) >= 11 is 3.46. The molecule has 1 aliphatic rings. The van der Waals surface area contributed by atoms with Crippen LogP contribution in [0.4, 0.5) is 11.4 Å². The minimum absolute atomic E-state index is 0.0384. The molecular formula is C21H23BrN2O3. The number of nitrogens with one attached hydrogen (secondary N) is 1. The van der Waals surface area contributed by atoms with E-state index < -0.39 is 0 Å². The van der Waals surface area contributed by atoms with Crippen LogP contribution in [-0.2, 0) is 9.59 Å². The normalized spacial score (nSPS) is 16.5. The monoisotopic (exact) mass is 430 g/mol. The average Bonchev–Trinajstić information content (AvgIpc) is 3.01. The Morgan fingerprint density at radius 1 is 1.22 bits per heavy atom. The molecule has 2 aromatic rings. The Kier molecular flexibility index (Phi) is 5.85. The number of amides is 2. The predicted molar refractivity (Wildman–Crippen MR) is 110 cm³/mol. The zero-order valence-electron chi connectivity index (χ0n) is 15.7. The molecular weight excluding hydrogens is 408 g/mol. The number of rotatable bonds is 5. The van der Waals surface area contributed by atoms with E-state index in [1.807, 2.05) is 57.2 Å². The molecule has 5 nitrogen and oxygen atoms in total. The number of hydrogen-bond donors (Lipinski definition) is 1. The number of carbonyl (C=O) groups is 2. The Labute approximate surface area is 167 Å². The molecule has 1 saturated heterocycles. The topological polar surface area (TPSA) is 58.6 Å². The van der Waals surface area contributed by atoms with Crippen molar-refractivity contribution in [3.63, 3.8) is 0 Å². The Balaban J connectivity index is 1.70. The molecule has 6 heteroatoms. The van der Waals surface area contributed by atoms with E-state index in [2.05, 4.69) is 21.2 Å². The number of benzene rings is 2. The Morgan fingerprint density at radius 3 is 2.44 bits per heavy atom. The van der Waals surface area contributed by atoms with Crippen molar-refractivity contribution in [1.29, 1.82) is 0 Å². The molecule has 2 amide bonds. The van der Waals surface area contributed by atoms with Crippen molar-refractivity contribution in [3.05, 3.63) is 52.0 Å².